The molecule has 0 amide bonds. The number of phenolic OH excluding ortho intramolecular Hbond substituents is 1. The van der Waals surface area contributed by atoms with Crippen molar-refractivity contribution in [2.45, 2.75) is 56.8 Å². The van der Waals surface area contributed by atoms with Crippen LogP contribution in [0.15, 0.2) is 36.4 Å². The zero-order valence-corrected chi connectivity index (χ0v) is 22.3. The first-order valence-electron chi connectivity index (χ1n) is 12.8. The van der Waals surface area contributed by atoms with Gasteiger partial charge in [-0.15, -0.1) is 0 Å². The average molecular weight is 549 g/mol. The fourth-order valence-electron chi connectivity index (χ4n) is 5.98. The molecular weight excluding hydrogens is 512 g/mol. The Bertz CT molecular complexity index is 1190. The molecule has 39 heavy (non-hydrogen) atoms. The molecule has 0 spiro atoms. The minimum atomic E-state index is -1.56. The Hall–Kier alpha value is -2.64. The number of methoxy groups -OCH3 is 2. The summed E-state index contributed by atoms with van der Waals surface area (Å²) in [6.45, 7) is 4.59. The summed E-state index contributed by atoms with van der Waals surface area (Å²) in [6, 6.07) is 10.5. The number of aliphatic hydroxyl groups excluding tert-OH is 4. The highest BCUT2D eigenvalue weighted by Crippen LogP contribution is 2.66. The van der Waals surface area contributed by atoms with Crippen LogP contribution in [0.4, 0.5) is 0 Å². The van der Waals surface area contributed by atoms with E-state index < -0.39 is 48.1 Å². The predicted octanol–water partition coefficient (Wildman–Crippen LogP) is 1.44. The summed E-state index contributed by atoms with van der Waals surface area (Å²) in [5.41, 5.74) is 0.930. The molecule has 214 valence electrons. The smallest absolute Gasteiger partial charge is 0.229 e. The summed E-state index contributed by atoms with van der Waals surface area (Å²) < 4.78 is 34.9. The van der Waals surface area contributed by atoms with Crippen molar-refractivity contribution in [1.82, 2.24) is 0 Å². The third-order valence-corrected chi connectivity index (χ3v) is 8.65. The van der Waals surface area contributed by atoms with Crippen molar-refractivity contribution in [1.29, 1.82) is 0 Å². The summed E-state index contributed by atoms with van der Waals surface area (Å²) >= 11 is 0. The maximum absolute atomic E-state index is 10.4. The molecule has 3 aliphatic rings. The Morgan fingerprint density at radius 3 is 1.92 bits per heavy atom. The van der Waals surface area contributed by atoms with E-state index in [2.05, 4.69) is 13.8 Å². The zero-order chi connectivity index (χ0) is 28.1. The molecule has 0 unspecified atom stereocenters. The summed E-state index contributed by atoms with van der Waals surface area (Å²) in [4.78, 5) is 0. The van der Waals surface area contributed by atoms with Gasteiger partial charge in [-0.3, -0.25) is 0 Å². The van der Waals surface area contributed by atoms with E-state index in [9.17, 15) is 25.5 Å². The summed E-state index contributed by atoms with van der Waals surface area (Å²) in [6.07, 6.45) is -7.62. The molecule has 11 heteroatoms. The average Bonchev–Trinajstić information content (AvgIpc) is 3.35. The molecule has 5 rings (SSSR count). The molecule has 5 N–H and O–H groups in total. The third kappa shape index (κ3) is 4.42. The lowest BCUT2D eigenvalue weighted by Gasteiger charge is -2.39. The van der Waals surface area contributed by atoms with Gasteiger partial charge in [0.1, 0.15) is 24.4 Å². The lowest BCUT2D eigenvalue weighted by atomic mass is 9.62. The Morgan fingerprint density at radius 2 is 1.36 bits per heavy atom. The second-order valence-electron chi connectivity index (χ2n) is 10.9. The molecule has 3 heterocycles. The first kappa shape index (κ1) is 27.9. The highest BCUT2D eigenvalue weighted by atomic mass is 16.7. The number of fused-ring (bicyclic) bond motifs is 1. The monoisotopic (exact) mass is 548 g/mol. The van der Waals surface area contributed by atoms with E-state index >= 15 is 0 Å². The minimum Gasteiger partial charge on any atom is -0.504 e. The van der Waals surface area contributed by atoms with E-state index in [0.29, 0.717) is 24.7 Å². The van der Waals surface area contributed by atoms with Gasteiger partial charge < -0.3 is 54.0 Å². The lowest BCUT2D eigenvalue weighted by molar-refractivity contribution is -0.277. The Labute approximate surface area is 226 Å². The van der Waals surface area contributed by atoms with E-state index in [4.69, 9.17) is 28.4 Å². The maximum Gasteiger partial charge on any atom is 0.229 e. The van der Waals surface area contributed by atoms with Gasteiger partial charge in [0.25, 0.3) is 0 Å². The highest BCUT2D eigenvalue weighted by molar-refractivity contribution is 5.46. The number of ether oxygens (including phenoxy) is 6. The summed E-state index contributed by atoms with van der Waals surface area (Å²) in [5.74, 6) is 1.03. The molecule has 3 aliphatic heterocycles. The fourth-order valence-corrected chi connectivity index (χ4v) is 5.98. The van der Waals surface area contributed by atoms with Gasteiger partial charge in [0.2, 0.25) is 6.29 Å². The molecule has 0 saturated carbocycles. The maximum atomic E-state index is 10.4. The van der Waals surface area contributed by atoms with Crippen LogP contribution in [-0.4, -0.2) is 90.3 Å². The predicted molar refractivity (Wildman–Crippen MR) is 136 cm³/mol. The molecule has 0 aromatic heterocycles. The van der Waals surface area contributed by atoms with Crippen LogP contribution in [0.3, 0.4) is 0 Å². The SMILES string of the molecule is COc1cc([C@@H]2OC[C@]3(C)[C@@H](c4ccc(O[C@@H]5O[C@H](CO)[C@@H](O)[C@H](O)[C@H]5O)c(OC)c4)OC[C@]23C)ccc1O. The molecule has 9 atom stereocenters. The van der Waals surface area contributed by atoms with E-state index in [-0.39, 0.29) is 23.7 Å². The number of rotatable bonds is 7. The number of hydrogen-bond donors (Lipinski definition) is 5. The second kappa shape index (κ2) is 10.4. The van der Waals surface area contributed by atoms with Gasteiger partial charge in [0.15, 0.2) is 23.0 Å². The van der Waals surface area contributed by atoms with Crippen LogP contribution in [0.1, 0.15) is 37.2 Å². The molecule has 0 aliphatic carbocycles. The van der Waals surface area contributed by atoms with Crippen molar-refractivity contribution in [3.63, 3.8) is 0 Å². The fraction of sp³-hybridized carbons (Fsp3) is 0.571. The summed E-state index contributed by atoms with van der Waals surface area (Å²) in [5, 5.41) is 50.0. The Kier molecular flexibility index (Phi) is 7.44. The van der Waals surface area contributed by atoms with Crippen LogP contribution < -0.4 is 14.2 Å². The topological polar surface area (TPSA) is 157 Å². The molecule has 2 aromatic rings. The molecule has 0 radical (unpaired) electrons. The van der Waals surface area contributed by atoms with Gasteiger partial charge in [0, 0.05) is 10.8 Å². The molecule has 0 bridgehead atoms. The number of phenols is 1. The normalized spacial score (nSPS) is 37.9. The first-order valence-corrected chi connectivity index (χ1v) is 12.8. The molecular formula is C28H36O11. The van der Waals surface area contributed by atoms with E-state index in [1.54, 1.807) is 24.3 Å². The van der Waals surface area contributed by atoms with Crippen LogP contribution in [0.2, 0.25) is 0 Å². The summed E-state index contributed by atoms with van der Waals surface area (Å²) in [7, 11) is 2.99. The molecule has 3 saturated heterocycles. The lowest BCUT2D eigenvalue weighted by Crippen LogP contribution is -2.60. The van der Waals surface area contributed by atoms with Crippen molar-refractivity contribution >= 4 is 0 Å². The van der Waals surface area contributed by atoms with Gasteiger partial charge in [0.05, 0.1) is 46.2 Å². The van der Waals surface area contributed by atoms with Crippen LogP contribution in [0.25, 0.3) is 0 Å². The largest absolute Gasteiger partial charge is 0.504 e. The minimum absolute atomic E-state index is 0.0610. The van der Waals surface area contributed by atoms with Gasteiger partial charge in [-0.25, -0.2) is 0 Å². The van der Waals surface area contributed by atoms with Crippen LogP contribution >= 0.6 is 0 Å². The van der Waals surface area contributed by atoms with Crippen LogP contribution in [-0.2, 0) is 14.2 Å². The highest BCUT2D eigenvalue weighted by Gasteiger charge is 2.65. The number of aliphatic hydroxyl groups is 4. The van der Waals surface area contributed by atoms with Gasteiger partial charge in [-0.1, -0.05) is 26.0 Å². The van der Waals surface area contributed by atoms with Crippen molar-refractivity contribution in [2.75, 3.05) is 34.0 Å². The van der Waals surface area contributed by atoms with Crippen molar-refractivity contribution in [2.24, 2.45) is 10.8 Å². The zero-order valence-electron chi connectivity index (χ0n) is 22.3. The first-order chi connectivity index (χ1) is 18.6. The van der Waals surface area contributed by atoms with Gasteiger partial charge in [-0.2, -0.15) is 0 Å². The molecule has 11 nitrogen and oxygen atoms in total. The Balaban J connectivity index is 1.39. The quantitative estimate of drug-likeness (QED) is 0.341. The number of benzene rings is 2. The van der Waals surface area contributed by atoms with Crippen LogP contribution in [0.5, 0.6) is 23.0 Å². The van der Waals surface area contributed by atoms with E-state index in [1.807, 2.05) is 12.1 Å². The standard InChI is InChI=1S/C28H36O11/c1-27-12-37-25(28(27,2)13-36-24(27)14-5-7-16(30)18(9-14)34-3)15-6-8-17(19(10-15)35-4)38-26-23(33)22(32)21(31)20(11-29)39-26/h5-10,20-26,29-33H,11-13H2,1-4H3/t20-,21-,22+,23-,24+,25-,26-,27-,28-/m1/s1. The van der Waals surface area contributed by atoms with Crippen molar-refractivity contribution in [3.05, 3.63) is 47.5 Å². The molecule has 2 aromatic carbocycles. The van der Waals surface area contributed by atoms with Crippen molar-refractivity contribution in [3.8, 4) is 23.0 Å². The van der Waals surface area contributed by atoms with E-state index in [1.165, 1.54) is 14.2 Å². The van der Waals surface area contributed by atoms with E-state index in [0.717, 1.165) is 11.1 Å². The van der Waals surface area contributed by atoms with Crippen LogP contribution in [0, 0.1) is 10.8 Å². The Morgan fingerprint density at radius 1 is 0.795 bits per heavy atom. The van der Waals surface area contributed by atoms with Gasteiger partial charge >= 0.3 is 0 Å². The number of hydrogen-bond acceptors (Lipinski definition) is 11. The van der Waals surface area contributed by atoms with Gasteiger partial charge in [-0.05, 0) is 35.4 Å². The molecule has 3 fully saturated rings. The second-order valence-corrected chi connectivity index (χ2v) is 10.9. The number of aromatic hydroxyl groups is 1. The third-order valence-electron chi connectivity index (χ3n) is 8.65. The van der Waals surface area contributed by atoms with Crippen molar-refractivity contribution < 1.29 is 54.0 Å².